The number of benzene rings is 2. The van der Waals surface area contributed by atoms with Crippen LogP contribution < -0.4 is 5.32 Å². The molecule has 2 aromatic rings. The highest BCUT2D eigenvalue weighted by atomic mass is 16.2. The largest absolute Gasteiger partial charge is 0.349 e. The topological polar surface area (TPSA) is 49.4 Å². The maximum atomic E-state index is 12.7. The molecule has 1 aliphatic heterocycles. The van der Waals surface area contributed by atoms with E-state index in [2.05, 4.69) is 5.32 Å². The van der Waals surface area contributed by atoms with E-state index >= 15 is 0 Å². The molecule has 0 saturated heterocycles. The average Bonchev–Trinajstić information content (AvgIpc) is 2.62. The lowest BCUT2D eigenvalue weighted by Gasteiger charge is -2.32. The van der Waals surface area contributed by atoms with E-state index in [4.69, 9.17) is 0 Å². The van der Waals surface area contributed by atoms with Crippen molar-refractivity contribution in [3.05, 3.63) is 77.0 Å². The zero-order chi connectivity index (χ0) is 18.7. The highest BCUT2D eigenvalue weighted by molar-refractivity contribution is 5.82. The first-order chi connectivity index (χ1) is 12.5. The van der Waals surface area contributed by atoms with Gasteiger partial charge >= 0.3 is 0 Å². The summed E-state index contributed by atoms with van der Waals surface area (Å²) >= 11 is 0. The van der Waals surface area contributed by atoms with Crippen LogP contribution in [-0.2, 0) is 9.59 Å². The van der Waals surface area contributed by atoms with E-state index in [0.717, 1.165) is 22.3 Å². The highest BCUT2D eigenvalue weighted by Gasteiger charge is 2.28. The Labute approximate surface area is 154 Å². The van der Waals surface area contributed by atoms with Crippen molar-refractivity contribution in [3.8, 4) is 0 Å². The van der Waals surface area contributed by atoms with Crippen molar-refractivity contribution in [1.82, 2.24) is 10.2 Å². The van der Waals surface area contributed by atoms with Crippen LogP contribution in [0.1, 0.15) is 54.6 Å². The molecule has 1 N–H and O–H groups in total. The Bertz CT molecular complexity index is 857. The standard InChI is InChI=1S/C22H24N2O2/c1-15-8-4-6-10-19(15)16(2)23-22(26)14-21-20-11-7-5-9-18(20)12-13-24(21)17(3)25/h4-13,16,21H,14H2,1-3H3,(H,23,26). The zero-order valence-corrected chi connectivity index (χ0v) is 15.4. The van der Waals surface area contributed by atoms with E-state index in [0.29, 0.717) is 0 Å². The molecule has 0 fully saturated rings. The van der Waals surface area contributed by atoms with Crippen LogP contribution in [0.3, 0.4) is 0 Å². The van der Waals surface area contributed by atoms with Crippen LogP contribution in [0.25, 0.3) is 6.08 Å². The summed E-state index contributed by atoms with van der Waals surface area (Å²) in [6.07, 6.45) is 3.92. The van der Waals surface area contributed by atoms with E-state index in [-0.39, 0.29) is 30.3 Å². The van der Waals surface area contributed by atoms with Gasteiger partial charge in [0.1, 0.15) is 0 Å². The van der Waals surface area contributed by atoms with Gasteiger partial charge in [0.15, 0.2) is 0 Å². The lowest BCUT2D eigenvalue weighted by Crippen LogP contribution is -2.36. The van der Waals surface area contributed by atoms with Gasteiger partial charge in [-0.1, -0.05) is 48.5 Å². The van der Waals surface area contributed by atoms with Crippen molar-refractivity contribution in [2.45, 2.75) is 39.3 Å². The first kappa shape index (κ1) is 17.9. The monoisotopic (exact) mass is 348 g/mol. The predicted molar refractivity (Wildman–Crippen MR) is 103 cm³/mol. The molecule has 134 valence electrons. The maximum absolute atomic E-state index is 12.7. The molecule has 1 aliphatic rings. The molecule has 1 heterocycles. The Morgan fingerprint density at radius 1 is 1.12 bits per heavy atom. The van der Waals surface area contributed by atoms with Gasteiger partial charge in [-0.2, -0.15) is 0 Å². The first-order valence-electron chi connectivity index (χ1n) is 8.88. The summed E-state index contributed by atoms with van der Waals surface area (Å²) in [5, 5.41) is 3.07. The molecule has 0 spiro atoms. The highest BCUT2D eigenvalue weighted by Crippen LogP contribution is 2.33. The third-order valence-corrected chi connectivity index (χ3v) is 4.88. The molecule has 0 radical (unpaired) electrons. The van der Waals surface area contributed by atoms with Crippen molar-refractivity contribution in [2.24, 2.45) is 0 Å². The minimum Gasteiger partial charge on any atom is -0.349 e. The molecule has 2 unspecified atom stereocenters. The molecular formula is C22H24N2O2. The fraction of sp³-hybridized carbons (Fsp3) is 0.273. The molecule has 0 aliphatic carbocycles. The number of rotatable bonds is 4. The Balaban J connectivity index is 1.77. The zero-order valence-electron chi connectivity index (χ0n) is 15.4. The van der Waals surface area contributed by atoms with Crippen LogP contribution in [0.4, 0.5) is 0 Å². The van der Waals surface area contributed by atoms with Gasteiger partial charge in [-0.3, -0.25) is 9.59 Å². The van der Waals surface area contributed by atoms with Crippen molar-refractivity contribution in [2.75, 3.05) is 0 Å². The van der Waals surface area contributed by atoms with Crippen LogP contribution in [0.2, 0.25) is 0 Å². The van der Waals surface area contributed by atoms with Gasteiger partial charge in [0.05, 0.1) is 18.5 Å². The lowest BCUT2D eigenvalue weighted by atomic mass is 9.93. The molecular weight excluding hydrogens is 324 g/mol. The number of aryl methyl sites for hydroxylation is 1. The summed E-state index contributed by atoms with van der Waals surface area (Å²) in [5.74, 6) is -0.136. The van der Waals surface area contributed by atoms with E-state index < -0.39 is 0 Å². The van der Waals surface area contributed by atoms with Crippen LogP contribution >= 0.6 is 0 Å². The summed E-state index contributed by atoms with van der Waals surface area (Å²) in [7, 11) is 0. The second-order valence-electron chi connectivity index (χ2n) is 6.74. The molecule has 26 heavy (non-hydrogen) atoms. The minimum atomic E-state index is -0.280. The Hall–Kier alpha value is -2.88. The summed E-state index contributed by atoms with van der Waals surface area (Å²) in [6, 6.07) is 15.6. The van der Waals surface area contributed by atoms with E-state index in [1.54, 1.807) is 11.1 Å². The van der Waals surface area contributed by atoms with Crippen LogP contribution in [0.5, 0.6) is 0 Å². The first-order valence-corrected chi connectivity index (χ1v) is 8.88. The number of fused-ring (bicyclic) bond motifs is 1. The number of hydrogen-bond donors (Lipinski definition) is 1. The molecule has 0 aromatic heterocycles. The maximum Gasteiger partial charge on any atom is 0.223 e. The van der Waals surface area contributed by atoms with Crippen molar-refractivity contribution in [3.63, 3.8) is 0 Å². The minimum absolute atomic E-state index is 0.0675. The summed E-state index contributed by atoms with van der Waals surface area (Å²) in [4.78, 5) is 26.4. The average molecular weight is 348 g/mol. The summed E-state index contributed by atoms with van der Waals surface area (Å²) in [6.45, 7) is 5.55. The van der Waals surface area contributed by atoms with Gasteiger partial charge in [0, 0.05) is 13.1 Å². The Morgan fingerprint density at radius 2 is 1.81 bits per heavy atom. The second kappa shape index (κ2) is 7.56. The molecule has 4 heteroatoms. The number of nitrogens with zero attached hydrogens (tertiary/aromatic N) is 1. The lowest BCUT2D eigenvalue weighted by molar-refractivity contribution is -0.130. The third-order valence-electron chi connectivity index (χ3n) is 4.88. The van der Waals surface area contributed by atoms with Gasteiger partial charge in [-0.25, -0.2) is 0 Å². The number of amides is 2. The quantitative estimate of drug-likeness (QED) is 0.903. The van der Waals surface area contributed by atoms with Gasteiger partial charge in [-0.15, -0.1) is 0 Å². The molecule has 3 rings (SSSR count). The van der Waals surface area contributed by atoms with Crippen molar-refractivity contribution in [1.29, 1.82) is 0 Å². The summed E-state index contributed by atoms with van der Waals surface area (Å²) < 4.78 is 0. The van der Waals surface area contributed by atoms with E-state index in [1.165, 1.54) is 6.92 Å². The molecule has 2 atom stereocenters. The van der Waals surface area contributed by atoms with Gasteiger partial charge in [0.2, 0.25) is 11.8 Å². The number of carbonyl (C=O) groups excluding carboxylic acids is 2. The number of nitrogens with one attached hydrogen (secondary N) is 1. The number of carbonyl (C=O) groups is 2. The van der Waals surface area contributed by atoms with Gasteiger partial charge in [-0.05, 0) is 42.2 Å². The fourth-order valence-electron chi connectivity index (χ4n) is 3.54. The van der Waals surface area contributed by atoms with E-state index in [1.807, 2.05) is 68.5 Å². The van der Waals surface area contributed by atoms with Gasteiger partial charge < -0.3 is 10.2 Å². The molecule has 2 amide bonds. The third kappa shape index (κ3) is 3.69. The van der Waals surface area contributed by atoms with Crippen molar-refractivity contribution >= 4 is 17.9 Å². The SMILES string of the molecule is CC(=O)N1C=Cc2ccccc2C1CC(=O)NC(C)c1ccccc1C. The van der Waals surface area contributed by atoms with Crippen LogP contribution in [-0.4, -0.2) is 16.7 Å². The molecule has 0 bridgehead atoms. The van der Waals surface area contributed by atoms with Gasteiger partial charge in [0.25, 0.3) is 0 Å². The number of hydrogen-bond acceptors (Lipinski definition) is 2. The normalized spacial score (nSPS) is 16.7. The fourth-order valence-corrected chi connectivity index (χ4v) is 3.54. The Kier molecular flexibility index (Phi) is 5.21. The predicted octanol–water partition coefficient (Wildman–Crippen LogP) is 4.14. The molecule has 4 nitrogen and oxygen atoms in total. The van der Waals surface area contributed by atoms with Crippen LogP contribution in [0.15, 0.2) is 54.7 Å². The Morgan fingerprint density at radius 3 is 2.54 bits per heavy atom. The second-order valence-corrected chi connectivity index (χ2v) is 6.74. The van der Waals surface area contributed by atoms with Crippen molar-refractivity contribution < 1.29 is 9.59 Å². The summed E-state index contributed by atoms with van der Waals surface area (Å²) in [5.41, 5.74) is 4.31. The molecule has 0 saturated carbocycles. The van der Waals surface area contributed by atoms with E-state index in [9.17, 15) is 9.59 Å². The van der Waals surface area contributed by atoms with Crippen LogP contribution in [0, 0.1) is 6.92 Å². The molecule has 2 aromatic carbocycles. The smallest absolute Gasteiger partial charge is 0.223 e.